The Labute approximate surface area is 106 Å². The Hall–Kier alpha value is -0.290. The first kappa shape index (κ1) is 12.2. The van der Waals surface area contributed by atoms with Crippen molar-refractivity contribution in [2.75, 3.05) is 38.5 Å². The molecule has 5 heteroatoms. The molecule has 0 spiro atoms. The van der Waals surface area contributed by atoms with Crippen LogP contribution in [0.5, 0.6) is 0 Å². The van der Waals surface area contributed by atoms with Gasteiger partial charge in [-0.15, -0.1) is 11.8 Å². The molecule has 0 aliphatic carbocycles. The second-order valence-electron chi connectivity index (χ2n) is 3.73. The molecule has 0 saturated carbocycles. The van der Waals surface area contributed by atoms with Crippen molar-refractivity contribution in [2.45, 2.75) is 5.03 Å². The number of nitrogens with zero attached hydrogens (tertiary/aromatic N) is 2. The van der Waals surface area contributed by atoms with E-state index in [1.165, 1.54) is 0 Å². The van der Waals surface area contributed by atoms with Crippen LogP contribution >= 0.6 is 23.4 Å². The van der Waals surface area contributed by atoms with Gasteiger partial charge in [-0.2, -0.15) is 0 Å². The monoisotopic (exact) mass is 257 g/mol. The Balaban J connectivity index is 1.73. The highest BCUT2D eigenvalue weighted by molar-refractivity contribution is 7.99. The van der Waals surface area contributed by atoms with Gasteiger partial charge in [0, 0.05) is 44.7 Å². The Morgan fingerprint density at radius 1 is 1.44 bits per heavy atom. The number of piperazine rings is 1. The fourth-order valence-corrected chi connectivity index (χ4v) is 2.85. The van der Waals surface area contributed by atoms with E-state index < -0.39 is 0 Å². The standard InChI is InChI=1S/C11H16ClN3S/c12-10-2-1-3-14-11(10)16-9-8-15-6-4-13-5-7-15/h1-3,13H,4-9H2. The Kier molecular flexibility index (Phi) is 4.91. The summed E-state index contributed by atoms with van der Waals surface area (Å²) in [6.07, 6.45) is 1.79. The van der Waals surface area contributed by atoms with Crippen LogP contribution < -0.4 is 5.32 Å². The van der Waals surface area contributed by atoms with Crippen LogP contribution in [0.2, 0.25) is 5.02 Å². The minimum Gasteiger partial charge on any atom is -0.314 e. The van der Waals surface area contributed by atoms with Crippen molar-refractivity contribution in [3.05, 3.63) is 23.4 Å². The maximum Gasteiger partial charge on any atom is 0.115 e. The van der Waals surface area contributed by atoms with E-state index in [0.29, 0.717) is 0 Å². The lowest BCUT2D eigenvalue weighted by Gasteiger charge is -2.26. The lowest BCUT2D eigenvalue weighted by molar-refractivity contribution is 0.255. The molecule has 0 unspecified atom stereocenters. The highest BCUT2D eigenvalue weighted by Crippen LogP contribution is 2.23. The van der Waals surface area contributed by atoms with Crippen molar-refractivity contribution in [3.63, 3.8) is 0 Å². The number of pyridine rings is 1. The van der Waals surface area contributed by atoms with Crippen molar-refractivity contribution in [1.82, 2.24) is 15.2 Å². The van der Waals surface area contributed by atoms with E-state index in [9.17, 15) is 0 Å². The lowest BCUT2D eigenvalue weighted by atomic mass is 10.4. The Morgan fingerprint density at radius 3 is 3.00 bits per heavy atom. The van der Waals surface area contributed by atoms with Crippen LogP contribution in [-0.2, 0) is 0 Å². The van der Waals surface area contributed by atoms with Crippen LogP contribution in [0, 0.1) is 0 Å². The molecule has 0 atom stereocenters. The summed E-state index contributed by atoms with van der Waals surface area (Å²) in [7, 11) is 0. The van der Waals surface area contributed by atoms with Crippen molar-refractivity contribution < 1.29 is 0 Å². The fourth-order valence-electron chi connectivity index (χ4n) is 1.68. The zero-order valence-electron chi connectivity index (χ0n) is 9.16. The van der Waals surface area contributed by atoms with E-state index in [0.717, 1.165) is 48.5 Å². The number of halogens is 1. The van der Waals surface area contributed by atoms with Crippen LogP contribution in [-0.4, -0.2) is 48.4 Å². The van der Waals surface area contributed by atoms with E-state index >= 15 is 0 Å². The molecule has 1 aliphatic rings. The zero-order chi connectivity index (χ0) is 11.2. The second kappa shape index (κ2) is 6.45. The lowest BCUT2D eigenvalue weighted by Crippen LogP contribution is -2.44. The molecule has 1 aromatic rings. The molecule has 88 valence electrons. The molecule has 1 N–H and O–H groups in total. The van der Waals surface area contributed by atoms with E-state index in [4.69, 9.17) is 11.6 Å². The van der Waals surface area contributed by atoms with Crippen molar-refractivity contribution >= 4 is 23.4 Å². The molecule has 0 amide bonds. The summed E-state index contributed by atoms with van der Waals surface area (Å²) < 4.78 is 0. The molecule has 1 aromatic heterocycles. The van der Waals surface area contributed by atoms with E-state index in [1.807, 2.05) is 12.1 Å². The van der Waals surface area contributed by atoms with Gasteiger partial charge in [0.15, 0.2) is 0 Å². The molecule has 16 heavy (non-hydrogen) atoms. The summed E-state index contributed by atoms with van der Waals surface area (Å²) in [5.74, 6) is 1.05. The van der Waals surface area contributed by atoms with Gasteiger partial charge in [0.25, 0.3) is 0 Å². The molecular weight excluding hydrogens is 242 g/mol. The average molecular weight is 258 g/mol. The van der Waals surface area contributed by atoms with Gasteiger partial charge < -0.3 is 5.32 Å². The third kappa shape index (κ3) is 3.63. The third-order valence-electron chi connectivity index (χ3n) is 2.58. The zero-order valence-corrected chi connectivity index (χ0v) is 10.7. The number of thioether (sulfide) groups is 1. The molecule has 1 aliphatic heterocycles. The van der Waals surface area contributed by atoms with Crippen molar-refractivity contribution in [2.24, 2.45) is 0 Å². The Morgan fingerprint density at radius 2 is 2.25 bits per heavy atom. The summed E-state index contributed by atoms with van der Waals surface area (Å²) >= 11 is 7.77. The molecule has 0 aromatic carbocycles. The highest BCUT2D eigenvalue weighted by Gasteiger charge is 2.09. The van der Waals surface area contributed by atoms with Crippen LogP contribution in [0.25, 0.3) is 0 Å². The average Bonchev–Trinajstić information content (AvgIpc) is 2.33. The predicted octanol–water partition coefficient (Wildman–Crippen LogP) is 1.73. The second-order valence-corrected chi connectivity index (χ2v) is 5.22. The van der Waals surface area contributed by atoms with Gasteiger partial charge in [-0.05, 0) is 12.1 Å². The molecule has 0 radical (unpaired) electrons. The van der Waals surface area contributed by atoms with Gasteiger partial charge in [-0.3, -0.25) is 4.90 Å². The van der Waals surface area contributed by atoms with Crippen LogP contribution in [0.3, 0.4) is 0 Å². The molecule has 0 bridgehead atoms. The first-order valence-electron chi connectivity index (χ1n) is 5.52. The summed E-state index contributed by atoms with van der Waals surface area (Å²) in [4.78, 5) is 6.73. The molecule has 3 nitrogen and oxygen atoms in total. The minimum absolute atomic E-state index is 0.757. The van der Waals surface area contributed by atoms with E-state index in [2.05, 4.69) is 15.2 Å². The van der Waals surface area contributed by atoms with Gasteiger partial charge in [-0.25, -0.2) is 4.98 Å². The van der Waals surface area contributed by atoms with Crippen LogP contribution in [0.1, 0.15) is 0 Å². The summed E-state index contributed by atoms with van der Waals surface area (Å²) in [6, 6.07) is 3.75. The number of hydrogen-bond acceptors (Lipinski definition) is 4. The number of hydrogen-bond donors (Lipinski definition) is 1. The maximum atomic E-state index is 6.04. The number of nitrogens with one attached hydrogen (secondary N) is 1. The van der Waals surface area contributed by atoms with Crippen molar-refractivity contribution in [3.8, 4) is 0 Å². The molecule has 2 rings (SSSR count). The smallest absolute Gasteiger partial charge is 0.115 e. The summed E-state index contributed by atoms with van der Waals surface area (Å²) in [6.45, 7) is 5.62. The van der Waals surface area contributed by atoms with Gasteiger partial charge in [-0.1, -0.05) is 11.6 Å². The molecular formula is C11H16ClN3S. The number of rotatable bonds is 4. The minimum atomic E-state index is 0.757. The summed E-state index contributed by atoms with van der Waals surface area (Å²) in [5, 5.41) is 5.05. The van der Waals surface area contributed by atoms with E-state index in [1.54, 1.807) is 18.0 Å². The van der Waals surface area contributed by atoms with Gasteiger partial charge in [0.1, 0.15) is 5.03 Å². The number of aromatic nitrogens is 1. The normalized spacial score (nSPS) is 17.6. The SMILES string of the molecule is Clc1cccnc1SCCN1CCNCC1. The van der Waals surface area contributed by atoms with Crippen LogP contribution in [0.15, 0.2) is 23.4 Å². The topological polar surface area (TPSA) is 28.2 Å². The Bertz CT molecular complexity index is 329. The maximum absolute atomic E-state index is 6.04. The van der Waals surface area contributed by atoms with E-state index in [-0.39, 0.29) is 0 Å². The third-order valence-corrected chi connectivity index (χ3v) is 3.98. The molecule has 2 heterocycles. The first-order chi connectivity index (χ1) is 7.86. The predicted molar refractivity (Wildman–Crippen MR) is 69.3 cm³/mol. The van der Waals surface area contributed by atoms with Gasteiger partial charge in [0.05, 0.1) is 5.02 Å². The molecule has 1 saturated heterocycles. The quantitative estimate of drug-likeness (QED) is 0.832. The first-order valence-corrected chi connectivity index (χ1v) is 6.89. The fraction of sp³-hybridized carbons (Fsp3) is 0.545. The largest absolute Gasteiger partial charge is 0.314 e. The summed E-state index contributed by atoms with van der Waals surface area (Å²) in [5.41, 5.74) is 0. The van der Waals surface area contributed by atoms with Crippen molar-refractivity contribution in [1.29, 1.82) is 0 Å². The molecule has 1 fully saturated rings. The van der Waals surface area contributed by atoms with Crippen LogP contribution in [0.4, 0.5) is 0 Å². The highest BCUT2D eigenvalue weighted by atomic mass is 35.5. The van der Waals surface area contributed by atoms with Gasteiger partial charge in [0.2, 0.25) is 0 Å². The van der Waals surface area contributed by atoms with Gasteiger partial charge >= 0.3 is 0 Å².